The zero-order valence-electron chi connectivity index (χ0n) is 18.5. The van der Waals surface area contributed by atoms with Gasteiger partial charge in [0.1, 0.15) is 11.4 Å². The molecule has 2 aromatic rings. The third-order valence-electron chi connectivity index (χ3n) is 5.45. The van der Waals surface area contributed by atoms with Crippen LogP contribution in [0.4, 0.5) is 42.5 Å². The molecule has 1 aromatic carbocycles. The summed E-state index contributed by atoms with van der Waals surface area (Å²) in [4.78, 5) is 26.7. The summed E-state index contributed by atoms with van der Waals surface area (Å²) in [5.41, 5.74) is -2.80. The Morgan fingerprint density at radius 2 is 1.43 bits per heavy atom. The number of carbonyl (C=O) groups is 2. The molecule has 3 amide bonds. The van der Waals surface area contributed by atoms with Crippen molar-refractivity contribution in [3.05, 3.63) is 53.3 Å². The lowest BCUT2D eigenvalue weighted by atomic mass is 9.90. The molecule has 4 N–H and O–H groups in total. The molecule has 0 atom stereocenters. The van der Waals surface area contributed by atoms with Gasteiger partial charge in [0.15, 0.2) is 0 Å². The van der Waals surface area contributed by atoms with Crippen LogP contribution < -0.4 is 21.3 Å². The molecule has 0 radical (unpaired) electrons. The van der Waals surface area contributed by atoms with E-state index in [1.54, 1.807) is 18.2 Å². The van der Waals surface area contributed by atoms with Crippen LogP contribution in [0.15, 0.2) is 36.4 Å². The normalized spacial score (nSPS) is 18.5. The number of pyridine rings is 1. The predicted octanol–water partition coefficient (Wildman–Crippen LogP) is 5.02. The van der Waals surface area contributed by atoms with Crippen molar-refractivity contribution in [2.45, 2.75) is 50.1 Å². The van der Waals surface area contributed by atoms with E-state index in [9.17, 15) is 35.9 Å². The van der Waals surface area contributed by atoms with Crippen molar-refractivity contribution in [1.29, 1.82) is 0 Å². The van der Waals surface area contributed by atoms with Gasteiger partial charge in [-0.3, -0.25) is 4.79 Å². The number of carbonyl (C=O) groups excluding carboxylic acids is 2. The molecule has 0 bridgehead atoms. The van der Waals surface area contributed by atoms with E-state index in [0.717, 1.165) is 0 Å². The van der Waals surface area contributed by atoms with Crippen molar-refractivity contribution in [3.63, 3.8) is 0 Å². The largest absolute Gasteiger partial charge is 0.433 e. The van der Waals surface area contributed by atoms with E-state index in [1.165, 1.54) is 13.1 Å². The first-order chi connectivity index (χ1) is 16.3. The van der Waals surface area contributed by atoms with Crippen molar-refractivity contribution < 1.29 is 35.9 Å². The highest BCUT2D eigenvalue weighted by atomic mass is 19.4. The average Bonchev–Trinajstić information content (AvgIpc) is 2.79. The second kappa shape index (κ2) is 10.4. The third kappa shape index (κ3) is 7.23. The molecular weight excluding hydrogens is 480 g/mol. The monoisotopic (exact) mass is 503 g/mol. The van der Waals surface area contributed by atoms with E-state index in [1.807, 2.05) is 0 Å². The first-order valence-electron chi connectivity index (χ1n) is 10.7. The Kier molecular flexibility index (Phi) is 7.76. The van der Waals surface area contributed by atoms with Crippen LogP contribution >= 0.6 is 0 Å². The van der Waals surface area contributed by atoms with Gasteiger partial charge in [0.25, 0.3) is 5.91 Å². The number of nitrogens with zero attached hydrogens (tertiary/aromatic N) is 1. The van der Waals surface area contributed by atoms with Gasteiger partial charge in [-0.05, 0) is 56.0 Å². The lowest BCUT2D eigenvalue weighted by molar-refractivity contribution is -0.150. The van der Waals surface area contributed by atoms with Crippen LogP contribution in [-0.2, 0) is 12.4 Å². The summed E-state index contributed by atoms with van der Waals surface area (Å²) < 4.78 is 78.1. The van der Waals surface area contributed by atoms with Gasteiger partial charge in [0.2, 0.25) is 0 Å². The molecule has 190 valence electrons. The molecule has 0 spiro atoms. The molecule has 13 heteroatoms. The van der Waals surface area contributed by atoms with Gasteiger partial charge < -0.3 is 21.3 Å². The third-order valence-corrected chi connectivity index (χ3v) is 5.45. The van der Waals surface area contributed by atoms with Crippen LogP contribution in [0.1, 0.15) is 47.4 Å². The number of anilines is 2. The molecule has 35 heavy (non-hydrogen) atoms. The van der Waals surface area contributed by atoms with Crippen LogP contribution in [0.2, 0.25) is 0 Å². The standard InChI is InChI=1S/C22H23F6N5O2/c1-29-20(35)32-15-4-2-3-12(9-15)19(34)31-14-7-5-13(6-8-14)30-16-10-17(21(23,24)25)33-18(11-16)22(26,27)28/h2-4,9-11,13-14H,5-8H2,1H3,(H,30,33)(H,31,34)(H2,29,32,35). The zero-order chi connectivity index (χ0) is 25.8. The topological polar surface area (TPSA) is 95.2 Å². The molecule has 1 fully saturated rings. The van der Waals surface area contributed by atoms with E-state index in [-0.39, 0.29) is 23.7 Å². The summed E-state index contributed by atoms with van der Waals surface area (Å²) in [7, 11) is 1.45. The second-order valence-electron chi connectivity index (χ2n) is 8.07. The second-order valence-corrected chi connectivity index (χ2v) is 8.07. The van der Waals surface area contributed by atoms with E-state index in [2.05, 4.69) is 26.3 Å². The van der Waals surface area contributed by atoms with Crippen molar-refractivity contribution in [2.24, 2.45) is 0 Å². The summed E-state index contributed by atoms with van der Waals surface area (Å²) in [5.74, 6) is -0.360. The van der Waals surface area contributed by atoms with Crippen LogP contribution in [-0.4, -0.2) is 36.1 Å². The smallest absolute Gasteiger partial charge is 0.382 e. The maximum Gasteiger partial charge on any atom is 0.433 e. The molecule has 0 unspecified atom stereocenters. The Labute approximate surface area is 196 Å². The fraction of sp³-hybridized carbons (Fsp3) is 0.409. The Morgan fingerprint density at radius 3 is 1.97 bits per heavy atom. The molecule has 1 aliphatic rings. The number of nitrogens with one attached hydrogen (secondary N) is 4. The average molecular weight is 503 g/mol. The summed E-state index contributed by atoms with van der Waals surface area (Å²) >= 11 is 0. The summed E-state index contributed by atoms with van der Waals surface area (Å²) in [6.45, 7) is 0. The van der Waals surface area contributed by atoms with Crippen molar-refractivity contribution in [1.82, 2.24) is 15.6 Å². The molecule has 1 saturated carbocycles. The molecule has 7 nitrogen and oxygen atoms in total. The number of halogens is 6. The van der Waals surface area contributed by atoms with Gasteiger partial charge in [-0.1, -0.05) is 6.07 Å². The van der Waals surface area contributed by atoms with Crippen molar-refractivity contribution in [2.75, 3.05) is 17.7 Å². The SMILES string of the molecule is CNC(=O)Nc1cccc(C(=O)NC2CCC(Nc3cc(C(F)(F)F)nc(C(F)(F)F)c3)CC2)c1. The number of amides is 3. The Bertz CT molecular complexity index is 1030. The minimum absolute atomic E-state index is 0.218. The Morgan fingerprint density at radius 1 is 0.857 bits per heavy atom. The lowest BCUT2D eigenvalue weighted by Gasteiger charge is -2.30. The van der Waals surface area contributed by atoms with Gasteiger partial charge in [0, 0.05) is 36.1 Å². The molecule has 0 aliphatic heterocycles. The summed E-state index contributed by atoms with van der Waals surface area (Å²) in [6.07, 6.45) is -8.24. The van der Waals surface area contributed by atoms with E-state index < -0.39 is 29.8 Å². The van der Waals surface area contributed by atoms with Gasteiger partial charge in [-0.2, -0.15) is 26.3 Å². The number of alkyl halides is 6. The summed E-state index contributed by atoms with van der Waals surface area (Å²) in [5, 5.41) is 10.6. The van der Waals surface area contributed by atoms with Gasteiger partial charge in [-0.15, -0.1) is 0 Å². The van der Waals surface area contributed by atoms with E-state index in [4.69, 9.17) is 0 Å². The predicted molar refractivity (Wildman–Crippen MR) is 116 cm³/mol. The number of rotatable bonds is 5. The maximum atomic E-state index is 13.0. The molecular formula is C22H23F6N5O2. The van der Waals surface area contributed by atoms with Gasteiger partial charge in [0.05, 0.1) is 0 Å². The van der Waals surface area contributed by atoms with Gasteiger partial charge >= 0.3 is 18.4 Å². The minimum Gasteiger partial charge on any atom is -0.382 e. The quantitative estimate of drug-likeness (QED) is 0.431. The molecule has 1 aromatic heterocycles. The van der Waals surface area contributed by atoms with Crippen LogP contribution in [0.25, 0.3) is 0 Å². The Balaban J connectivity index is 1.59. The lowest BCUT2D eigenvalue weighted by Crippen LogP contribution is -2.40. The molecule has 0 saturated heterocycles. The van der Waals surface area contributed by atoms with Crippen LogP contribution in [0, 0.1) is 0 Å². The number of urea groups is 1. The highest BCUT2D eigenvalue weighted by molar-refractivity contribution is 5.97. The maximum absolute atomic E-state index is 13.0. The summed E-state index contributed by atoms with van der Waals surface area (Å²) in [6, 6.07) is 6.42. The fourth-order valence-corrected chi connectivity index (χ4v) is 3.72. The van der Waals surface area contributed by atoms with Crippen LogP contribution in [0.5, 0.6) is 0 Å². The first kappa shape index (κ1) is 26.1. The minimum atomic E-state index is -5.02. The number of benzene rings is 1. The van der Waals surface area contributed by atoms with E-state index in [0.29, 0.717) is 49.1 Å². The highest BCUT2D eigenvalue weighted by Crippen LogP contribution is 2.35. The van der Waals surface area contributed by atoms with E-state index >= 15 is 0 Å². The zero-order valence-corrected chi connectivity index (χ0v) is 18.5. The molecule has 3 rings (SSSR count). The fourth-order valence-electron chi connectivity index (χ4n) is 3.72. The van der Waals surface area contributed by atoms with Gasteiger partial charge in [-0.25, -0.2) is 9.78 Å². The number of aromatic nitrogens is 1. The van der Waals surface area contributed by atoms with Crippen molar-refractivity contribution in [3.8, 4) is 0 Å². The number of hydrogen-bond donors (Lipinski definition) is 4. The van der Waals surface area contributed by atoms with Crippen LogP contribution in [0.3, 0.4) is 0 Å². The van der Waals surface area contributed by atoms with Crippen molar-refractivity contribution >= 4 is 23.3 Å². The molecule has 1 aliphatic carbocycles. The molecule has 1 heterocycles. The Hall–Kier alpha value is -3.51. The highest BCUT2D eigenvalue weighted by Gasteiger charge is 2.39. The first-order valence-corrected chi connectivity index (χ1v) is 10.7. The number of hydrogen-bond acceptors (Lipinski definition) is 4.